The van der Waals surface area contributed by atoms with Crippen LogP contribution in [0.25, 0.3) is 0 Å². The molecule has 1 fully saturated rings. The quantitative estimate of drug-likeness (QED) is 0.657. The number of ether oxygens (including phenoxy) is 2. The summed E-state index contributed by atoms with van der Waals surface area (Å²) < 4.78 is 10.9. The standard InChI is InChI=1S/C24H31NO4/c1-2-28-23(27)24(18-20-6-4-3-5-7-20)12-14-25(15-13-24)19-21-8-10-22(11-9-21)29-17-16-26/h3-11,26H,2,12-19H2,1H3. The molecule has 0 unspecified atom stereocenters. The van der Waals surface area contributed by atoms with Gasteiger partial charge in [-0.2, -0.15) is 0 Å². The Balaban J connectivity index is 1.61. The lowest BCUT2D eigenvalue weighted by Gasteiger charge is -2.40. The SMILES string of the molecule is CCOC(=O)C1(Cc2ccccc2)CCN(Cc2ccc(OCCO)cc2)CC1. The minimum Gasteiger partial charge on any atom is -0.491 e. The number of carbonyl (C=O) groups is 1. The Morgan fingerprint density at radius 3 is 2.34 bits per heavy atom. The van der Waals surface area contributed by atoms with Gasteiger partial charge in [0.1, 0.15) is 12.4 Å². The Labute approximate surface area is 173 Å². The number of nitrogens with zero attached hydrogens (tertiary/aromatic N) is 1. The van der Waals surface area contributed by atoms with Crippen molar-refractivity contribution in [1.82, 2.24) is 4.90 Å². The maximum absolute atomic E-state index is 12.8. The van der Waals surface area contributed by atoms with Crippen molar-refractivity contribution < 1.29 is 19.4 Å². The molecule has 0 saturated carbocycles. The van der Waals surface area contributed by atoms with Gasteiger partial charge in [0.2, 0.25) is 0 Å². The summed E-state index contributed by atoms with van der Waals surface area (Å²) in [4.78, 5) is 15.2. The van der Waals surface area contributed by atoms with Gasteiger partial charge in [-0.15, -0.1) is 0 Å². The van der Waals surface area contributed by atoms with Crippen LogP contribution in [-0.4, -0.2) is 48.9 Å². The van der Waals surface area contributed by atoms with Crippen LogP contribution < -0.4 is 4.74 Å². The molecule has 0 radical (unpaired) electrons. The molecular weight excluding hydrogens is 366 g/mol. The van der Waals surface area contributed by atoms with E-state index in [0.29, 0.717) is 13.2 Å². The average Bonchev–Trinajstić information content (AvgIpc) is 2.75. The zero-order valence-corrected chi connectivity index (χ0v) is 17.2. The highest BCUT2D eigenvalue weighted by Crippen LogP contribution is 2.37. The minimum absolute atomic E-state index is 0.0146. The highest BCUT2D eigenvalue weighted by Gasteiger charge is 2.42. The van der Waals surface area contributed by atoms with Crippen LogP contribution in [-0.2, 0) is 22.5 Å². The van der Waals surface area contributed by atoms with E-state index in [1.165, 1.54) is 11.1 Å². The Kier molecular flexibility index (Phi) is 7.67. The molecule has 1 N–H and O–H groups in total. The van der Waals surface area contributed by atoms with Crippen LogP contribution in [0.3, 0.4) is 0 Å². The molecule has 1 aliphatic heterocycles. The van der Waals surface area contributed by atoms with Gasteiger partial charge in [-0.05, 0) is 62.5 Å². The Bertz CT molecular complexity index is 752. The third-order valence-corrected chi connectivity index (χ3v) is 5.60. The van der Waals surface area contributed by atoms with Crippen molar-refractivity contribution in [2.45, 2.75) is 32.7 Å². The molecule has 5 heteroatoms. The van der Waals surface area contributed by atoms with Crippen molar-refractivity contribution >= 4 is 5.97 Å². The summed E-state index contributed by atoms with van der Waals surface area (Å²) in [5.74, 6) is 0.708. The summed E-state index contributed by atoms with van der Waals surface area (Å²) in [6.07, 6.45) is 2.34. The van der Waals surface area contributed by atoms with Gasteiger partial charge >= 0.3 is 5.97 Å². The van der Waals surface area contributed by atoms with E-state index in [-0.39, 0.29) is 12.6 Å². The Morgan fingerprint density at radius 1 is 1.03 bits per heavy atom. The second-order valence-corrected chi connectivity index (χ2v) is 7.66. The van der Waals surface area contributed by atoms with E-state index in [1.807, 2.05) is 37.3 Å². The first kappa shape index (κ1) is 21.3. The number of carbonyl (C=O) groups excluding carboxylic acids is 1. The van der Waals surface area contributed by atoms with Crippen LogP contribution in [0.2, 0.25) is 0 Å². The molecule has 3 rings (SSSR count). The lowest BCUT2D eigenvalue weighted by atomic mass is 9.73. The van der Waals surface area contributed by atoms with E-state index in [0.717, 1.165) is 44.6 Å². The average molecular weight is 398 g/mol. The fourth-order valence-corrected chi connectivity index (χ4v) is 3.98. The molecule has 0 atom stereocenters. The zero-order chi connectivity index (χ0) is 20.5. The van der Waals surface area contributed by atoms with Gasteiger partial charge in [0.25, 0.3) is 0 Å². The number of aliphatic hydroxyl groups is 1. The van der Waals surface area contributed by atoms with Crippen LogP contribution in [0.15, 0.2) is 54.6 Å². The van der Waals surface area contributed by atoms with E-state index >= 15 is 0 Å². The molecular formula is C24H31NO4. The predicted molar refractivity (Wildman–Crippen MR) is 113 cm³/mol. The number of hydrogen-bond acceptors (Lipinski definition) is 5. The van der Waals surface area contributed by atoms with Crippen LogP contribution >= 0.6 is 0 Å². The minimum atomic E-state index is -0.435. The summed E-state index contributed by atoms with van der Waals surface area (Å²) in [7, 11) is 0. The summed E-state index contributed by atoms with van der Waals surface area (Å²) >= 11 is 0. The number of likely N-dealkylation sites (tertiary alicyclic amines) is 1. The summed E-state index contributed by atoms with van der Waals surface area (Å²) in [5.41, 5.74) is 1.97. The maximum Gasteiger partial charge on any atom is 0.312 e. The van der Waals surface area contributed by atoms with Crippen LogP contribution in [0.1, 0.15) is 30.9 Å². The largest absolute Gasteiger partial charge is 0.491 e. The van der Waals surface area contributed by atoms with E-state index in [9.17, 15) is 4.79 Å². The molecule has 0 bridgehead atoms. The van der Waals surface area contributed by atoms with Gasteiger partial charge in [0, 0.05) is 6.54 Å². The second-order valence-electron chi connectivity index (χ2n) is 7.66. The first-order valence-electron chi connectivity index (χ1n) is 10.4. The van der Waals surface area contributed by atoms with Gasteiger partial charge in [-0.1, -0.05) is 42.5 Å². The van der Waals surface area contributed by atoms with Gasteiger partial charge in [0.15, 0.2) is 0 Å². The van der Waals surface area contributed by atoms with Gasteiger partial charge in [-0.3, -0.25) is 9.69 Å². The smallest absolute Gasteiger partial charge is 0.312 e. The van der Waals surface area contributed by atoms with E-state index in [2.05, 4.69) is 29.2 Å². The normalized spacial score (nSPS) is 16.3. The molecule has 2 aromatic carbocycles. The Morgan fingerprint density at radius 2 is 1.72 bits per heavy atom. The molecule has 0 aliphatic carbocycles. The number of aliphatic hydroxyl groups excluding tert-OH is 1. The van der Waals surface area contributed by atoms with E-state index in [1.54, 1.807) is 0 Å². The molecule has 0 amide bonds. The molecule has 1 aliphatic rings. The third kappa shape index (κ3) is 5.81. The Hall–Kier alpha value is -2.37. The van der Waals surface area contributed by atoms with E-state index < -0.39 is 5.41 Å². The number of piperidine rings is 1. The fraction of sp³-hybridized carbons (Fsp3) is 0.458. The third-order valence-electron chi connectivity index (χ3n) is 5.60. The highest BCUT2D eigenvalue weighted by molar-refractivity contribution is 5.77. The molecule has 29 heavy (non-hydrogen) atoms. The first-order valence-corrected chi connectivity index (χ1v) is 10.4. The maximum atomic E-state index is 12.8. The molecule has 1 heterocycles. The lowest BCUT2D eigenvalue weighted by Crippen LogP contribution is -2.46. The number of rotatable bonds is 9. The molecule has 1 saturated heterocycles. The summed E-state index contributed by atoms with van der Waals surface area (Å²) in [5, 5.41) is 8.84. The number of esters is 1. The van der Waals surface area contributed by atoms with Crippen molar-refractivity contribution in [2.75, 3.05) is 32.9 Å². The van der Waals surface area contributed by atoms with Gasteiger partial charge in [0.05, 0.1) is 18.6 Å². The van der Waals surface area contributed by atoms with E-state index in [4.69, 9.17) is 14.6 Å². The number of benzene rings is 2. The predicted octanol–water partition coefficient (Wildman–Crippen LogP) is 3.45. The second kappa shape index (κ2) is 10.4. The first-order chi connectivity index (χ1) is 14.1. The van der Waals surface area contributed by atoms with Crippen molar-refractivity contribution in [3.8, 4) is 5.75 Å². The summed E-state index contributed by atoms with van der Waals surface area (Å²) in [6.45, 7) is 5.21. The van der Waals surface area contributed by atoms with Crippen LogP contribution in [0.4, 0.5) is 0 Å². The van der Waals surface area contributed by atoms with Crippen molar-refractivity contribution in [3.05, 3.63) is 65.7 Å². The van der Waals surface area contributed by atoms with Crippen LogP contribution in [0, 0.1) is 5.41 Å². The van der Waals surface area contributed by atoms with Crippen molar-refractivity contribution in [2.24, 2.45) is 5.41 Å². The molecule has 5 nitrogen and oxygen atoms in total. The number of hydrogen-bond donors (Lipinski definition) is 1. The fourth-order valence-electron chi connectivity index (χ4n) is 3.98. The van der Waals surface area contributed by atoms with Crippen molar-refractivity contribution in [1.29, 1.82) is 0 Å². The molecule has 156 valence electrons. The molecule has 0 spiro atoms. The molecule has 0 aromatic heterocycles. The van der Waals surface area contributed by atoms with Crippen LogP contribution in [0.5, 0.6) is 5.75 Å². The topological polar surface area (TPSA) is 59.0 Å². The van der Waals surface area contributed by atoms with Gasteiger partial charge in [-0.25, -0.2) is 0 Å². The highest BCUT2D eigenvalue weighted by atomic mass is 16.5. The summed E-state index contributed by atoms with van der Waals surface area (Å²) in [6, 6.07) is 18.2. The van der Waals surface area contributed by atoms with Gasteiger partial charge < -0.3 is 14.6 Å². The zero-order valence-electron chi connectivity index (χ0n) is 17.2. The monoisotopic (exact) mass is 397 g/mol. The van der Waals surface area contributed by atoms with Crippen molar-refractivity contribution in [3.63, 3.8) is 0 Å². The molecule has 2 aromatic rings. The lowest BCUT2D eigenvalue weighted by molar-refractivity contribution is -0.158.